The van der Waals surface area contributed by atoms with E-state index in [1.54, 1.807) is 19.1 Å². The second-order valence-electron chi connectivity index (χ2n) is 3.39. The van der Waals surface area contributed by atoms with E-state index in [0.717, 1.165) is 10.0 Å². The van der Waals surface area contributed by atoms with Crippen LogP contribution in [-0.4, -0.2) is 15.4 Å². The number of hydrogen-bond acceptors (Lipinski definition) is 6. The van der Waals surface area contributed by atoms with Crippen molar-refractivity contribution in [3.8, 4) is 6.07 Å². The SMILES string of the molecule is C[C@@H](C#N)Sc1nnc(Nc2ccc(F)cc2)s1. The van der Waals surface area contributed by atoms with Gasteiger partial charge in [0.1, 0.15) is 5.82 Å². The highest BCUT2D eigenvalue weighted by molar-refractivity contribution is 8.01. The molecule has 1 N–H and O–H groups in total. The van der Waals surface area contributed by atoms with Gasteiger partial charge in [-0.05, 0) is 31.2 Å². The average molecular weight is 280 g/mol. The Bertz CT molecular complexity index is 561. The molecule has 92 valence electrons. The van der Waals surface area contributed by atoms with E-state index in [9.17, 15) is 4.39 Å². The largest absolute Gasteiger partial charge is 0.330 e. The summed E-state index contributed by atoms with van der Waals surface area (Å²) < 4.78 is 13.5. The van der Waals surface area contributed by atoms with Crippen molar-refractivity contribution < 1.29 is 4.39 Å². The zero-order chi connectivity index (χ0) is 13.0. The van der Waals surface area contributed by atoms with Gasteiger partial charge in [0.15, 0.2) is 4.34 Å². The van der Waals surface area contributed by atoms with Gasteiger partial charge in [-0.15, -0.1) is 10.2 Å². The standard InChI is InChI=1S/C11H9FN4S2/c1-7(6-13)17-11-16-15-10(18-11)14-9-4-2-8(12)3-5-9/h2-5,7H,1H3,(H,14,15)/t7-/m0/s1. The highest BCUT2D eigenvalue weighted by Crippen LogP contribution is 2.29. The van der Waals surface area contributed by atoms with Gasteiger partial charge in [0.2, 0.25) is 5.13 Å². The van der Waals surface area contributed by atoms with Crippen molar-refractivity contribution >= 4 is 33.9 Å². The molecule has 0 spiro atoms. The monoisotopic (exact) mass is 280 g/mol. The van der Waals surface area contributed by atoms with Gasteiger partial charge in [0, 0.05) is 5.69 Å². The third kappa shape index (κ3) is 3.42. The van der Waals surface area contributed by atoms with Gasteiger partial charge >= 0.3 is 0 Å². The second-order valence-corrected chi connectivity index (χ2v) is 5.96. The van der Waals surface area contributed by atoms with Gasteiger partial charge in [0.25, 0.3) is 0 Å². The van der Waals surface area contributed by atoms with E-state index in [1.165, 1.54) is 35.2 Å². The van der Waals surface area contributed by atoms with Crippen LogP contribution >= 0.6 is 23.1 Å². The molecule has 7 heteroatoms. The van der Waals surface area contributed by atoms with Crippen LogP contribution in [0.3, 0.4) is 0 Å². The van der Waals surface area contributed by atoms with Crippen LogP contribution in [0.1, 0.15) is 6.92 Å². The zero-order valence-corrected chi connectivity index (χ0v) is 11.1. The minimum absolute atomic E-state index is 0.156. The molecule has 0 aliphatic heterocycles. The van der Waals surface area contributed by atoms with Gasteiger partial charge in [-0.3, -0.25) is 0 Å². The quantitative estimate of drug-likeness (QED) is 0.869. The van der Waals surface area contributed by atoms with E-state index >= 15 is 0 Å². The lowest BCUT2D eigenvalue weighted by molar-refractivity contribution is 0.628. The van der Waals surface area contributed by atoms with E-state index in [2.05, 4.69) is 21.6 Å². The summed E-state index contributed by atoms with van der Waals surface area (Å²) in [5, 5.41) is 20.1. The second kappa shape index (κ2) is 5.80. The number of halogens is 1. The van der Waals surface area contributed by atoms with Gasteiger partial charge in [-0.1, -0.05) is 23.1 Å². The molecule has 0 aliphatic carbocycles. The summed E-state index contributed by atoms with van der Waals surface area (Å²) in [6, 6.07) is 8.11. The number of thioether (sulfide) groups is 1. The summed E-state index contributed by atoms with van der Waals surface area (Å²) in [7, 11) is 0. The van der Waals surface area contributed by atoms with E-state index in [1.807, 2.05) is 0 Å². The first kappa shape index (κ1) is 12.8. The number of rotatable bonds is 4. The van der Waals surface area contributed by atoms with E-state index in [0.29, 0.717) is 5.13 Å². The Hall–Kier alpha value is -1.65. The molecule has 1 aromatic heterocycles. The summed E-state index contributed by atoms with van der Waals surface area (Å²) in [5.74, 6) is -0.281. The molecule has 0 aliphatic rings. The Morgan fingerprint density at radius 3 is 2.78 bits per heavy atom. The third-order valence-electron chi connectivity index (χ3n) is 1.96. The van der Waals surface area contributed by atoms with Crippen LogP contribution in [0.15, 0.2) is 28.6 Å². The molecule has 0 saturated carbocycles. The molecule has 1 atom stereocenters. The Kier molecular flexibility index (Phi) is 4.12. The van der Waals surface area contributed by atoms with Crippen molar-refractivity contribution in [2.24, 2.45) is 0 Å². The van der Waals surface area contributed by atoms with E-state index in [-0.39, 0.29) is 11.1 Å². The van der Waals surface area contributed by atoms with Crippen molar-refractivity contribution in [2.45, 2.75) is 16.5 Å². The van der Waals surface area contributed by atoms with Crippen molar-refractivity contribution in [2.75, 3.05) is 5.32 Å². The average Bonchev–Trinajstić information content (AvgIpc) is 2.79. The summed E-state index contributed by atoms with van der Waals surface area (Å²) in [6.07, 6.45) is 0. The number of nitrogens with one attached hydrogen (secondary N) is 1. The van der Waals surface area contributed by atoms with Crippen LogP contribution in [0.5, 0.6) is 0 Å². The highest BCUT2D eigenvalue weighted by Gasteiger charge is 2.09. The minimum Gasteiger partial charge on any atom is -0.330 e. The molecule has 2 rings (SSSR count). The molecule has 4 nitrogen and oxygen atoms in total. The predicted molar refractivity (Wildman–Crippen MR) is 70.5 cm³/mol. The number of aromatic nitrogens is 2. The molecule has 0 unspecified atom stereocenters. The van der Waals surface area contributed by atoms with Crippen LogP contribution in [0.4, 0.5) is 15.2 Å². The van der Waals surface area contributed by atoms with Crippen molar-refractivity contribution in [1.29, 1.82) is 5.26 Å². The van der Waals surface area contributed by atoms with Crippen LogP contribution in [0.25, 0.3) is 0 Å². The Morgan fingerprint density at radius 2 is 2.11 bits per heavy atom. The lowest BCUT2D eigenvalue weighted by Gasteiger charge is -2.00. The van der Waals surface area contributed by atoms with Crippen LogP contribution in [-0.2, 0) is 0 Å². The summed E-state index contributed by atoms with van der Waals surface area (Å²) in [4.78, 5) is 0. The van der Waals surface area contributed by atoms with Crippen LogP contribution < -0.4 is 5.32 Å². The normalized spacial score (nSPS) is 11.8. The number of anilines is 2. The number of hydrogen-bond donors (Lipinski definition) is 1. The Labute approximate surface area is 112 Å². The predicted octanol–water partition coefficient (Wildman–Crippen LogP) is 3.42. The molecule has 1 heterocycles. The van der Waals surface area contributed by atoms with Gasteiger partial charge < -0.3 is 5.32 Å². The molecule has 1 aromatic carbocycles. The maximum absolute atomic E-state index is 12.7. The van der Waals surface area contributed by atoms with Crippen LogP contribution in [0.2, 0.25) is 0 Å². The van der Waals surface area contributed by atoms with E-state index in [4.69, 9.17) is 5.26 Å². The number of benzene rings is 1. The Morgan fingerprint density at radius 1 is 1.39 bits per heavy atom. The first-order valence-corrected chi connectivity index (χ1v) is 6.79. The van der Waals surface area contributed by atoms with E-state index < -0.39 is 0 Å². The van der Waals surface area contributed by atoms with Gasteiger partial charge in [0.05, 0.1) is 11.3 Å². The summed E-state index contributed by atoms with van der Waals surface area (Å²) >= 11 is 2.72. The first-order valence-electron chi connectivity index (χ1n) is 5.10. The molecule has 0 radical (unpaired) electrons. The lowest BCUT2D eigenvalue weighted by Crippen LogP contribution is -1.89. The highest BCUT2D eigenvalue weighted by atomic mass is 32.2. The summed E-state index contributed by atoms with van der Waals surface area (Å²) in [5.41, 5.74) is 0.748. The topological polar surface area (TPSA) is 61.6 Å². The molecule has 0 amide bonds. The zero-order valence-electron chi connectivity index (χ0n) is 9.42. The summed E-state index contributed by atoms with van der Waals surface area (Å²) in [6.45, 7) is 1.80. The maximum Gasteiger partial charge on any atom is 0.210 e. The van der Waals surface area contributed by atoms with Crippen molar-refractivity contribution in [1.82, 2.24) is 10.2 Å². The fraction of sp³-hybridized carbons (Fsp3) is 0.182. The molecule has 0 saturated heterocycles. The maximum atomic E-state index is 12.7. The fourth-order valence-electron chi connectivity index (χ4n) is 1.14. The number of nitrogens with zero attached hydrogens (tertiary/aromatic N) is 3. The molecule has 18 heavy (non-hydrogen) atoms. The number of nitriles is 1. The van der Waals surface area contributed by atoms with Crippen molar-refractivity contribution in [3.63, 3.8) is 0 Å². The molecule has 0 fully saturated rings. The molecule has 0 bridgehead atoms. The lowest BCUT2D eigenvalue weighted by atomic mass is 10.3. The fourth-order valence-corrected chi connectivity index (χ4v) is 2.95. The first-order chi connectivity index (χ1) is 8.67. The minimum atomic E-state index is -0.281. The molecular formula is C11H9FN4S2. The van der Waals surface area contributed by atoms with Gasteiger partial charge in [-0.25, -0.2) is 4.39 Å². The third-order valence-corrected chi connectivity index (χ3v) is 3.88. The van der Waals surface area contributed by atoms with Crippen molar-refractivity contribution in [3.05, 3.63) is 30.1 Å². The smallest absolute Gasteiger partial charge is 0.210 e. The molecular weight excluding hydrogens is 271 g/mol. The molecule has 2 aromatic rings. The van der Waals surface area contributed by atoms with Crippen LogP contribution in [0, 0.1) is 17.1 Å². The Balaban J connectivity index is 2.02. The van der Waals surface area contributed by atoms with Gasteiger partial charge in [-0.2, -0.15) is 5.26 Å².